The maximum Gasteiger partial charge on any atom is 0.309 e. The van der Waals surface area contributed by atoms with Crippen LogP contribution in [0.5, 0.6) is 0 Å². The molecule has 1 aliphatic heterocycles. The maximum atomic E-state index is 13.4. The number of hydrogen-bond donors (Lipinski definition) is 0. The molecule has 0 atom stereocenters. The molecule has 0 aromatic carbocycles. The number of thioether (sulfide) groups is 2. The van der Waals surface area contributed by atoms with Gasteiger partial charge in [-0.25, -0.2) is 0 Å². The molecule has 0 unspecified atom stereocenters. The Morgan fingerprint density at radius 3 is 1.31 bits per heavy atom. The second-order valence-corrected chi connectivity index (χ2v) is 20.8. The van der Waals surface area contributed by atoms with Crippen LogP contribution < -0.4 is 0 Å². The van der Waals surface area contributed by atoms with E-state index in [1.54, 1.807) is 23.5 Å². The number of unbranched alkanes of at least 4 members (excludes halogenated alkanes) is 18. The molecule has 0 saturated carbocycles. The lowest BCUT2D eigenvalue weighted by atomic mass is 9.87. The van der Waals surface area contributed by atoms with Crippen molar-refractivity contribution >= 4 is 39.7 Å². The van der Waals surface area contributed by atoms with Gasteiger partial charge in [0, 0.05) is 28.4 Å². The number of esters is 1. The van der Waals surface area contributed by atoms with Crippen molar-refractivity contribution in [1.82, 2.24) is 4.90 Å². The van der Waals surface area contributed by atoms with Gasteiger partial charge in [-0.05, 0) is 91.1 Å². The van der Waals surface area contributed by atoms with Gasteiger partial charge < -0.3 is 9.64 Å². The molecule has 0 radical (unpaired) electrons. The molecule has 7 heteroatoms. The van der Waals surface area contributed by atoms with Crippen molar-refractivity contribution in [3.05, 3.63) is 0 Å². The molecular weight excluding hydrogens is 719 g/mol. The second-order valence-electron chi connectivity index (χ2n) is 18.7. The van der Waals surface area contributed by atoms with Gasteiger partial charge in [-0.1, -0.05) is 181 Å². The molecule has 0 spiro atoms. The number of piperidine rings is 1. The van der Waals surface area contributed by atoms with E-state index in [1.807, 2.05) is 0 Å². The van der Waals surface area contributed by atoms with Crippen LogP contribution in [0.4, 0.5) is 0 Å². The molecule has 55 heavy (non-hydrogen) atoms. The summed E-state index contributed by atoms with van der Waals surface area (Å²) in [5.41, 5.74) is -0.578. The molecule has 0 N–H and O–H groups in total. The predicted molar refractivity (Wildman–Crippen MR) is 243 cm³/mol. The number of ether oxygens (including phenoxy) is 1. The van der Waals surface area contributed by atoms with Gasteiger partial charge in [0.05, 0.1) is 5.92 Å². The third-order valence-electron chi connectivity index (χ3n) is 12.1. The highest BCUT2D eigenvalue weighted by molar-refractivity contribution is 8.14. The van der Waals surface area contributed by atoms with E-state index in [0.717, 1.165) is 114 Å². The van der Waals surface area contributed by atoms with Crippen LogP contribution in [-0.4, -0.2) is 57.8 Å². The highest BCUT2D eigenvalue weighted by atomic mass is 32.2. The first kappa shape index (κ1) is 52.5. The maximum absolute atomic E-state index is 13.4. The van der Waals surface area contributed by atoms with E-state index >= 15 is 0 Å². The summed E-state index contributed by atoms with van der Waals surface area (Å²) >= 11 is 3.10. The Balaban J connectivity index is 2.45. The van der Waals surface area contributed by atoms with E-state index in [2.05, 4.69) is 60.3 Å². The van der Waals surface area contributed by atoms with Gasteiger partial charge in [-0.2, -0.15) is 0 Å². The molecule has 0 aromatic rings. The van der Waals surface area contributed by atoms with Crippen LogP contribution in [0.25, 0.3) is 0 Å². The fourth-order valence-corrected chi connectivity index (χ4v) is 9.86. The second kappa shape index (κ2) is 32.3. The Hall–Kier alpha value is -0.530. The predicted octanol–water partition coefficient (Wildman–Crippen LogP) is 14.8. The number of rotatable bonds is 35. The van der Waals surface area contributed by atoms with Crippen LogP contribution in [0.3, 0.4) is 0 Å². The SMILES string of the molecule is CCCCCCCCCCSC(=O)C(C)(C)CCCCCC(CCCCCC(C)(C)C(=O)SCCCCCCCCCC)OC(=O)C1CCN(C(C)C)CC1. The van der Waals surface area contributed by atoms with Crippen molar-refractivity contribution in [3.63, 3.8) is 0 Å². The summed E-state index contributed by atoms with van der Waals surface area (Å²) in [7, 11) is 0. The minimum atomic E-state index is -0.289. The first-order chi connectivity index (χ1) is 26.3. The van der Waals surface area contributed by atoms with Crippen molar-refractivity contribution in [1.29, 1.82) is 0 Å². The molecule has 0 amide bonds. The van der Waals surface area contributed by atoms with Gasteiger partial charge in [0.25, 0.3) is 0 Å². The van der Waals surface area contributed by atoms with Crippen molar-refractivity contribution in [2.24, 2.45) is 16.7 Å². The average Bonchev–Trinajstić information content (AvgIpc) is 3.15. The van der Waals surface area contributed by atoms with Crippen molar-refractivity contribution in [3.8, 4) is 0 Å². The molecule has 1 aliphatic rings. The summed E-state index contributed by atoms with van der Waals surface area (Å²) in [5.74, 6) is 1.93. The van der Waals surface area contributed by atoms with Crippen LogP contribution in [0.15, 0.2) is 0 Å². The number of hydrogen-bond acceptors (Lipinski definition) is 7. The van der Waals surface area contributed by atoms with Crippen LogP contribution in [-0.2, 0) is 19.1 Å². The van der Waals surface area contributed by atoms with Crippen LogP contribution in [0.1, 0.15) is 235 Å². The van der Waals surface area contributed by atoms with Crippen LogP contribution in [0, 0.1) is 16.7 Å². The Kier molecular flexibility index (Phi) is 30.9. The Morgan fingerprint density at radius 1 is 0.564 bits per heavy atom. The fourth-order valence-electron chi connectivity index (χ4n) is 7.80. The quantitative estimate of drug-likeness (QED) is 0.0467. The van der Waals surface area contributed by atoms with E-state index in [4.69, 9.17) is 4.74 Å². The van der Waals surface area contributed by atoms with Crippen LogP contribution >= 0.6 is 23.5 Å². The van der Waals surface area contributed by atoms with Gasteiger partial charge >= 0.3 is 5.97 Å². The summed E-state index contributed by atoms with van der Waals surface area (Å²) in [6.45, 7) is 19.4. The molecule has 1 heterocycles. The molecule has 0 bridgehead atoms. The first-order valence-corrected chi connectivity index (χ1v) is 25.6. The summed E-state index contributed by atoms with van der Waals surface area (Å²) < 4.78 is 6.28. The Labute approximate surface area is 350 Å². The largest absolute Gasteiger partial charge is 0.462 e. The molecule has 0 aromatic heterocycles. The Morgan fingerprint density at radius 2 is 0.927 bits per heavy atom. The van der Waals surface area contributed by atoms with Crippen LogP contribution in [0.2, 0.25) is 0 Å². The molecule has 324 valence electrons. The fraction of sp³-hybridized carbons (Fsp3) is 0.938. The number of nitrogens with zero attached hydrogens (tertiary/aromatic N) is 1. The minimum absolute atomic E-state index is 0.00824. The zero-order chi connectivity index (χ0) is 40.8. The van der Waals surface area contributed by atoms with Gasteiger partial charge in [-0.15, -0.1) is 0 Å². The summed E-state index contributed by atoms with van der Waals surface area (Å²) in [6.07, 6.45) is 32.4. The molecule has 0 aliphatic carbocycles. The average molecular weight is 810 g/mol. The normalized spacial score (nSPS) is 14.7. The van der Waals surface area contributed by atoms with Crippen molar-refractivity contribution < 1.29 is 19.1 Å². The van der Waals surface area contributed by atoms with Gasteiger partial charge in [-0.3, -0.25) is 14.4 Å². The van der Waals surface area contributed by atoms with E-state index in [-0.39, 0.29) is 28.8 Å². The molecule has 1 fully saturated rings. The van der Waals surface area contributed by atoms with E-state index < -0.39 is 0 Å². The van der Waals surface area contributed by atoms with Gasteiger partial charge in [0.2, 0.25) is 0 Å². The van der Waals surface area contributed by atoms with Crippen molar-refractivity contribution in [2.75, 3.05) is 24.6 Å². The zero-order valence-electron chi connectivity index (χ0n) is 37.8. The van der Waals surface area contributed by atoms with E-state index in [1.165, 1.54) is 89.9 Å². The lowest BCUT2D eigenvalue weighted by molar-refractivity contribution is -0.156. The summed E-state index contributed by atoms with van der Waals surface area (Å²) in [6, 6.07) is 0.521. The highest BCUT2D eigenvalue weighted by Gasteiger charge is 2.30. The lowest BCUT2D eigenvalue weighted by Crippen LogP contribution is -2.41. The highest BCUT2D eigenvalue weighted by Crippen LogP contribution is 2.33. The Bertz CT molecular complexity index is 919. The third kappa shape index (κ3) is 26.2. The van der Waals surface area contributed by atoms with Gasteiger partial charge in [0.1, 0.15) is 6.10 Å². The number of likely N-dealkylation sites (tertiary alicyclic amines) is 1. The number of carbonyl (C=O) groups is 3. The molecule has 1 rings (SSSR count). The third-order valence-corrected chi connectivity index (χ3v) is 14.7. The molecule has 1 saturated heterocycles. The number of carbonyl (C=O) groups excluding carboxylic acids is 3. The van der Waals surface area contributed by atoms with Crippen molar-refractivity contribution in [2.45, 2.75) is 247 Å². The standard InChI is InChI=1S/C48H91NO4S2/c1-9-11-13-15-17-19-21-29-39-54-45(51)47(5,6)35-27-23-25-31-43(53-44(50)42-33-37-49(38-34-42)41(3)4)32-26-24-28-36-48(7,8)46(52)55-40-30-22-20-18-16-14-12-10-2/h41-43H,9-40H2,1-8H3. The smallest absolute Gasteiger partial charge is 0.309 e. The summed E-state index contributed by atoms with van der Waals surface area (Å²) in [5, 5.41) is 0.690. The van der Waals surface area contributed by atoms with E-state index in [0.29, 0.717) is 16.3 Å². The minimum Gasteiger partial charge on any atom is -0.462 e. The zero-order valence-corrected chi connectivity index (χ0v) is 39.4. The van der Waals surface area contributed by atoms with Gasteiger partial charge in [0.15, 0.2) is 10.2 Å². The monoisotopic (exact) mass is 810 g/mol. The lowest BCUT2D eigenvalue weighted by Gasteiger charge is -2.34. The van der Waals surface area contributed by atoms with E-state index in [9.17, 15) is 14.4 Å². The molecule has 5 nitrogen and oxygen atoms in total. The first-order valence-electron chi connectivity index (χ1n) is 23.6. The summed E-state index contributed by atoms with van der Waals surface area (Å²) in [4.78, 5) is 41.9. The topological polar surface area (TPSA) is 63.7 Å². The molecular formula is C48H91NO4S2.